The Balaban J connectivity index is 1.44. The second kappa shape index (κ2) is 14.3. The molecular formula is C27H36Cl2N4O4S. The van der Waals surface area contributed by atoms with Crippen LogP contribution in [0.4, 0.5) is 0 Å². The van der Waals surface area contributed by atoms with Gasteiger partial charge in [0.25, 0.3) is 0 Å². The minimum absolute atomic E-state index is 0.0114. The van der Waals surface area contributed by atoms with Crippen LogP contribution < -0.4 is 15.5 Å². The largest absolute Gasteiger partial charge is 0.506 e. The summed E-state index contributed by atoms with van der Waals surface area (Å²) in [5, 5.41) is 27.5. The topological polar surface area (TPSA) is 118 Å². The zero-order valence-electron chi connectivity index (χ0n) is 21.8. The van der Waals surface area contributed by atoms with E-state index in [1.54, 1.807) is 17.0 Å². The Morgan fingerprint density at radius 1 is 1.05 bits per heavy atom. The predicted octanol–water partition coefficient (Wildman–Crippen LogP) is 3.80. The van der Waals surface area contributed by atoms with E-state index in [4.69, 9.17) is 23.2 Å². The molecule has 0 aliphatic rings. The van der Waals surface area contributed by atoms with Crippen LogP contribution in [0.1, 0.15) is 31.4 Å². The third kappa shape index (κ3) is 8.97. The number of thiazole rings is 1. The Kier molecular flexibility index (Phi) is 11.4. The lowest BCUT2D eigenvalue weighted by Crippen LogP contribution is -2.44. The van der Waals surface area contributed by atoms with E-state index in [1.807, 2.05) is 32.0 Å². The maximum atomic E-state index is 13.0. The summed E-state index contributed by atoms with van der Waals surface area (Å²) >= 11 is 13.1. The highest BCUT2D eigenvalue weighted by Crippen LogP contribution is 2.28. The number of nitrogens with zero attached hydrogens (tertiary/aromatic N) is 1. The number of aromatic amines is 1. The number of benzene rings is 2. The van der Waals surface area contributed by atoms with Crippen molar-refractivity contribution in [1.82, 2.24) is 20.5 Å². The van der Waals surface area contributed by atoms with E-state index in [0.29, 0.717) is 61.1 Å². The summed E-state index contributed by atoms with van der Waals surface area (Å²) in [6.07, 6.45) is 1.83. The first-order chi connectivity index (χ1) is 18.1. The number of aromatic nitrogens is 1. The molecule has 3 rings (SSSR count). The minimum Gasteiger partial charge on any atom is -0.506 e. The van der Waals surface area contributed by atoms with Crippen LogP contribution >= 0.6 is 34.5 Å². The fraction of sp³-hybridized carbons (Fsp3) is 0.481. The molecule has 38 heavy (non-hydrogen) atoms. The Bertz CT molecular complexity index is 1280. The van der Waals surface area contributed by atoms with Crippen molar-refractivity contribution < 1.29 is 15.0 Å². The molecule has 1 amide bonds. The summed E-state index contributed by atoms with van der Waals surface area (Å²) in [6.45, 7) is 7.38. The van der Waals surface area contributed by atoms with Gasteiger partial charge in [0.15, 0.2) is 0 Å². The van der Waals surface area contributed by atoms with Crippen LogP contribution in [0, 0.1) is 5.41 Å². The number of H-pyrrole nitrogens is 1. The van der Waals surface area contributed by atoms with Gasteiger partial charge in [-0.3, -0.25) is 9.59 Å². The van der Waals surface area contributed by atoms with Crippen molar-refractivity contribution >= 4 is 50.7 Å². The number of amides is 1. The molecule has 0 saturated carbocycles. The van der Waals surface area contributed by atoms with Gasteiger partial charge in [0.1, 0.15) is 11.3 Å². The first-order valence-electron chi connectivity index (χ1n) is 12.7. The molecule has 0 radical (unpaired) electrons. The van der Waals surface area contributed by atoms with Crippen molar-refractivity contribution in [3.63, 3.8) is 0 Å². The number of rotatable bonds is 15. The SMILES string of the molecule is CC(C)(CO)CN(CCNCCc1ccc(O)c2[nH]c(=O)sc12)C(=O)CCNCCc1ccc(Cl)c(Cl)c1. The quantitative estimate of drug-likeness (QED) is 0.174. The lowest BCUT2D eigenvalue weighted by Gasteiger charge is -2.31. The molecule has 0 atom stereocenters. The second-order valence-electron chi connectivity index (χ2n) is 10.1. The van der Waals surface area contributed by atoms with Crippen LogP contribution in [0.2, 0.25) is 10.0 Å². The molecule has 2 aromatic carbocycles. The van der Waals surface area contributed by atoms with E-state index < -0.39 is 5.41 Å². The van der Waals surface area contributed by atoms with Crippen LogP contribution in [0.3, 0.4) is 0 Å². The number of aliphatic hydroxyl groups excluding tert-OH is 1. The van der Waals surface area contributed by atoms with Crippen LogP contribution in [-0.4, -0.2) is 71.9 Å². The highest BCUT2D eigenvalue weighted by molar-refractivity contribution is 7.16. The van der Waals surface area contributed by atoms with Crippen LogP contribution in [-0.2, 0) is 17.6 Å². The number of carbonyl (C=O) groups excluding carboxylic acids is 1. The van der Waals surface area contributed by atoms with E-state index in [1.165, 1.54) is 0 Å². The summed E-state index contributed by atoms with van der Waals surface area (Å²) in [5.74, 6) is 0.104. The van der Waals surface area contributed by atoms with Gasteiger partial charge < -0.3 is 30.7 Å². The lowest BCUT2D eigenvalue weighted by molar-refractivity contribution is -0.132. The smallest absolute Gasteiger partial charge is 0.305 e. The molecule has 3 aromatic rings. The molecule has 208 valence electrons. The minimum atomic E-state index is -0.402. The van der Waals surface area contributed by atoms with Crippen LogP contribution in [0.5, 0.6) is 5.75 Å². The first-order valence-corrected chi connectivity index (χ1v) is 14.2. The molecule has 0 bridgehead atoms. The molecule has 1 aromatic heterocycles. The molecule has 1 heterocycles. The van der Waals surface area contributed by atoms with E-state index in [2.05, 4.69) is 15.6 Å². The van der Waals surface area contributed by atoms with Gasteiger partial charge in [-0.2, -0.15) is 0 Å². The van der Waals surface area contributed by atoms with Gasteiger partial charge in [0, 0.05) is 44.6 Å². The van der Waals surface area contributed by atoms with E-state index in [9.17, 15) is 19.8 Å². The summed E-state index contributed by atoms with van der Waals surface area (Å²) < 4.78 is 0.768. The average molecular weight is 584 g/mol. The molecule has 0 saturated heterocycles. The van der Waals surface area contributed by atoms with Gasteiger partial charge in [0.2, 0.25) is 5.91 Å². The summed E-state index contributed by atoms with van der Waals surface area (Å²) in [4.78, 5) is 29.0. The molecular weight excluding hydrogens is 547 g/mol. The van der Waals surface area contributed by atoms with Crippen LogP contribution in [0.15, 0.2) is 35.1 Å². The van der Waals surface area contributed by atoms with Gasteiger partial charge in [-0.1, -0.05) is 60.5 Å². The van der Waals surface area contributed by atoms with Gasteiger partial charge in [-0.15, -0.1) is 0 Å². The zero-order valence-corrected chi connectivity index (χ0v) is 24.1. The number of aromatic hydroxyl groups is 1. The lowest BCUT2D eigenvalue weighted by atomic mass is 9.94. The molecule has 0 spiro atoms. The van der Waals surface area contributed by atoms with Gasteiger partial charge in [0.05, 0.1) is 14.7 Å². The fourth-order valence-electron chi connectivity index (χ4n) is 4.10. The summed E-state index contributed by atoms with van der Waals surface area (Å²) in [6, 6.07) is 9.00. The third-order valence-corrected chi connectivity index (χ3v) is 7.96. The molecule has 0 aliphatic carbocycles. The summed E-state index contributed by atoms with van der Waals surface area (Å²) in [7, 11) is 0. The maximum Gasteiger partial charge on any atom is 0.305 e. The van der Waals surface area contributed by atoms with Crippen molar-refractivity contribution in [2.45, 2.75) is 33.1 Å². The number of phenols is 1. The van der Waals surface area contributed by atoms with Crippen molar-refractivity contribution in [2.24, 2.45) is 5.41 Å². The van der Waals surface area contributed by atoms with Gasteiger partial charge in [-0.05, 0) is 55.3 Å². The average Bonchev–Trinajstić information content (AvgIpc) is 3.28. The number of fused-ring (bicyclic) bond motifs is 1. The number of hydrogen-bond donors (Lipinski definition) is 5. The number of hydrogen-bond acceptors (Lipinski definition) is 7. The summed E-state index contributed by atoms with van der Waals surface area (Å²) in [5.41, 5.74) is 2.13. The van der Waals surface area contributed by atoms with Crippen molar-refractivity contribution in [1.29, 1.82) is 0 Å². The van der Waals surface area contributed by atoms with Gasteiger partial charge >= 0.3 is 4.87 Å². The first kappa shape index (κ1) is 30.4. The monoisotopic (exact) mass is 582 g/mol. The van der Waals surface area contributed by atoms with E-state index in [-0.39, 0.29) is 23.1 Å². The predicted molar refractivity (Wildman–Crippen MR) is 156 cm³/mol. The Morgan fingerprint density at radius 2 is 1.79 bits per heavy atom. The van der Waals surface area contributed by atoms with Gasteiger partial charge in [-0.25, -0.2) is 0 Å². The molecule has 5 N–H and O–H groups in total. The van der Waals surface area contributed by atoms with E-state index in [0.717, 1.165) is 40.1 Å². The molecule has 8 nitrogen and oxygen atoms in total. The zero-order chi connectivity index (χ0) is 27.7. The second-order valence-corrected chi connectivity index (χ2v) is 11.9. The Labute approximate surface area is 237 Å². The Morgan fingerprint density at radius 3 is 2.53 bits per heavy atom. The van der Waals surface area contributed by atoms with Crippen molar-refractivity contribution in [2.75, 3.05) is 45.9 Å². The highest BCUT2D eigenvalue weighted by atomic mass is 35.5. The standard InChI is InChI=1S/C27H36Cl2N4O4S/c1-27(2,17-34)16-33(23(36)9-12-30-10-7-18-3-5-20(28)21(29)15-18)14-13-31-11-8-19-4-6-22(35)24-25(19)38-26(37)32-24/h3-6,15,30-31,34-35H,7-14,16-17H2,1-2H3,(H,32,37). The number of halogens is 2. The molecule has 0 aliphatic heterocycles. The number of carbonyl (C=O) groups is 1. The normalized spacial score (nSPS) is 11.8. The third-order valence-electron chi connectivity index (χ3n) is 6.26. The molecule has 0 unspecified atom stereocenters. The van der Waals surface area contributed by atoms with Crippen molar-refractivity contribution in [3.05, 3.63) is 61.2 Å². The number of phenolic OH excluding ortho intramolecular Hbond substituents is 1. The van der Waals surface area contributed by atoms with Crippen molar-refractivity contribution in [3.8, 4) is 5.75 Å². The fourth-order valence-corrected chi connectivity index (χ4v) is 5.31. The van der Waals surface area contributed by atoms with Crippen LogP contribution in [0.25, 0.3) is 10.2 Å². The van der Waals surface area contributed by atoms with E-state index >= 15 is 0 Å². The number of aliphatic hydroxyl groups is 1. The molecule has 11 heteroatoms. The number of nitrogens with one attached hydrogen (secondary N) is 3. The maximum absolute atomic E-state index is 13.0. The Hall–Kier alpha value is -2.14. The molecule has 0 fully saturated rings. The highest BCUT2D eigenvalue weighted by Gasteiger charge is 2.24.